The average Bonchev–Trinajstić information content (AvgIpc) is 3.42. The van der Waals surface area contributed by atoms with Gasteiger partial charge < -0.3 is 4.98 Å². The van der Waals surface area contributed by atoms with Gasteiger partial charge >= 0.3 is 0 Å². The number of nitrogens with one attached hydrogen (secondary N) is 3. The molecular weight excluding hydrogens is 336 g/mol. The highest BCUT2D eigenvalue weighted by molar-refractivity contribution is 5.81. The lowest BCUT2D eigenvalue weighted by molar-refractivity contribution is -0.599. The van der Waals surface area contributed by atoms with Crippen molar-refractivity contribution in [2.24, 2.45) is 0 Å². The maximum Gasteiger partial charge on any atom is 0.286 e. The minimum absolute atomic E-state index is 0.891. The molecule has 27 heavy (non-hydrogen) atoms. The van der Waals surface area contributed by atoms with E-state index in [1.807, 2.05) is 12.3 Å². The summed E-state index contributed by atoms with van der Waals surface area (Å²) in [5.41, 5.74) is 3.09. The molecule has 0 unspecified atom stereocenters. The van der Waals surface area contributed by atoms with Crippen molar-refractivity contribution in [3.8, 4) is 11.6 Å². The van der Waals surface area contributed by atoms with E-state index >= 15 is 0 Å². The Balaban J connectivity index is 1.46. The van der Waals surface area contributed by atoms with Crippen LogP contribution in [-0.2, 0) is 0 Å². The number of aromatic amines is 3. The smallest absolute Gasteiger partial charge is 0.286 e. The number of hydrogen-bond acceptors (Lipinski definition) is 1. The summed E-state index contributed by atoms with van der Waals surface area (Å²) in [5, 5.41) is 3.44. The van der Waals surface area contributed by atoms with Crippen LogP contribution in [0.5, 0.6) is 0 Å². The molecule has 6 aromatic rings. The molecule has 128 valence electrons. The van der Waals surface area contributed by atoms with Crippen molar-refractivity contribution in [3.63, 3.8) is 0 Å². The summed E-state index contributed by atoms with van der Waals surface area (Å²) in [5.74, 6) is 2.02. The highest BCUT2D eigenvalue weighted by Gasteiger charge is 2.15. The Morgan fingerprint density at radius 3 is 2.56 bits per heavy atom. The zero-order chi connectivity index (χ0) is 17.8. The van der Waals surface area contributed by atoms with Crippen molar-refractivity contribution in [2.45, 2.75) is 0 Å². The van der Waals surface area contributed by atoms with E-state index in [1.54, 1.807) is 6.20 Å². The van der Waals surface area contributed by atoms with Gasteiger partial charge in [0.15, 0.2) is 5.52 Å². The van der Waals surface area contributed by atoms with Gasteiger partial charge in [0, 0.05) is 46.8 Å². The van der Waals surface area contributed by atoms with Gasteiger partial charge in [-0.1, -0.05) is 0 Å². The molecule has 0 saturated carbocycles. The van der Waals surface area contributed by atoms with Crippen LogP contribution in [0, 0.1) is 0 Å². The molecule has 0 aliphatic carbocycles. The van der Waals surface area contributed by atoms with Gasteiger partial charge in [-0.15, -0.1) is 0 Å². The van der Waals surface area contributed by atoms with Gasteiger partial charge in [0.05, 0.1) is 17.9 Å². The summed E-state index contributed by atoms with van der Waals surface area (Å²) >= 11 is 0. The second kappa shape index (κ2) is 5.28. The van der Waals surface area contributed by atoms with Crippen LogP contribution in [0.1, 0.15) is 0 Å². The average molecular weight is 352 g/mol. The first-order chi connectivity index (χ1) is 13.3. The number of rotatable bonds is 2. The fourth-order valence-corrected chi connectivity index (χ4v) is 3.58. The van der Waals surface area contributed by atoms with Gasteiger partial charge in [0.2, 0.25) is 5.65 Å². The Morgan fingerprint density at radius 2 is 1.59 bits per heavy atom. The monoisotopic (exact) mass is 352 g/mol. The predicted molar refractivity (Wildman–Crippen MR) is 103 cm³/mol. The number of nitrogens with zero attached hydrogens (tertiary/aromatic N) is 3. The molecule has 3 N–H and O–H groups in total. The normalized spacial score (nSPS) is 11.7. The first-order valence-electron chi connectivity index (χ1n) is 8.80. The second-order valence-corrected chi connectivity index (χ2v) is 6.67. The summed E-state index contributed by atoms with van der Waals surface area (Å²) < 4.78 is 4.18. The molecule has 6 heteroatoms. The van der Waals surface area contributed by atoms with Gasteiger partial charge in [-0.2, -0.15) is 0 Å². The number of H-pyrrole nitrogens is 3. The predicted octanol–water partition coefficient (Wildman–Crippen LogP) is 3.08. The third-order valence-corrected chi connectivity index (χ3v) is 4.98. The molecule has 6 heterocycles. The minimum atomic E-state index is 0.891. The van der Waals surface area contributed by atoms with Gasteiger partial charge in [0.1, 0.15) is 12.4 Å². The quantitative estimate of drug-likeness (QED) is 0.412. The maximum absolute atomic E-state index is 4.37. The zero-order valence-corrected chi connectivity index (χ0v) is 14.3. The van der Waals surface area contributed by atoms with E-state index in [-0.39, 0.29) is 0 Å². The van der Waals surface area contributed by atoms with Crippen LogP contribution in [0.25, 0.3) is 44.5 Å². The Morgan fingerprint density at radius 1 is 0.741 bits per heavy atom. The summed E-state index contributed by atoms with van der Waals surface area (Å²) in [6.45, 7) is 0. The molecular formula is C21H16N6+2. The lowest BCUT2D eigenvalue weighted by Crippen LogP contribution is -2.30. The third-order valence-electron chi connectivity index (χ3n) is 4.98. The molecule has 0 fully saturated rings. The highest BCUT2D eigenvalue weighted by Crippen LogP contribution is 2.16. The number of aromatic nitrogens is 6. The van der Waals surface area contributed by atoms with Gasteiger partial charge in [-0.05, 0) is 24.3 Å². The van der Waals surface area contributed by atoms with Crippen LogP contribution in [0.4, 0.5) is 0 Å². The lowest BCUT2D eigenvalue weighted by atomic mass is 10.3. The molecule has 0 atom stereocenters. The summed E-state index contributed by atoms with van der Waals surface area (Å²) in [6, 6.07) is 14.5. The zero-order valence-electron chi connectivity index (χ0n) is 14.3. The molecule has 0 aliphatic rings. The summed E-state index contributed by atoms with van der Waals surface area (Å²) in [6.07, 6.45) is 12.1. The molecule has 0 spiro atoms. The first-order valence-corrected chi connectivity index (χ1v) is 8.80. The fraction of sp³-hybridized carbons (Fsp3) is 0. The second-order valence-electron chi connectivity index (χ2n) is 6.67. The van der Waals surface area contributed by atoms with Crippen LogP contribution in [0.2, 0.25) is 0 Å². The van der Waals surface area contributed by atoms with E-state index in [9.17, 15) is 0 Å². The Labute approximate surface area is 153 Å². The SMILES string of the molecule is c1cnc2[nH]c(-[n+]3ccc4cc(-[n+]5ccc6[nH]ccc6c5)[nH]c4c3)cc2c1. The Hall–Kier alpha value is -3.93. The molecule has 0 aromatic carbocycles. The molecule has 0 saturated heterocycles. The van der Waals surface area contributed by atoms with Crippen molar-refractivity contribution < 1.29 is 9.13 Å². The van der Waals surface area contributed by atoms with Gasteiger partial charge in [-0.3, -0.25) is 0 Å². The first kappa shape index (κ1) is 14.3. The van der Waals surface area contributed by atoms with Crippen LogP contribution in [0.3, 0.4) is 0 Å². The largest absolute Gasteiger partial charge is 0.361 e. The summed E-state index contributed by atoms with van der Waals surface area (Å²) in [7, 11) is 0. The van der Waals surface area contributed by atoms with Crippen molar-refractivity contribution >= 4 is 32.8 Å². The number of hydrogen-bond donors (Lipinski definition) is 3. The molecule has 6 nitrogen and oxygen atoms in total. The molecule has 0 aliphatic heterocycles. The van der Waals surface area contributed by atoms with E-state index in [2.05, 4.69) is 90.3 Å². The van der Waals surface area contributed by atoms with Crippen molar-refractivity contribution in [1.82, 2.24) is 19.9 Å². The molecule has 6 rings (SSSR count). The van der Waals surface area contributed by atoms with Gasteiger partial charge in [-0.25, -0.2) is 24.1 Å². The molecule has 0 radical (unpaired) electrons. The molecule has 0 bridgehead atoms. The van der Waals surface area contributed by atoms with Crippen molar-refractivity contribution in [3.05, 3.63) is 79.6 Å². The van der Waals surface area contributed by atoms with E-state index in [1.165, 1.54) is 5.39 Å². The topological polar surface area (TPSA) is 68.0 Å². The highest BCUT2D eigenvalue weighted by atomic mass is 15.1. The lowest BCUT2D eigenvalue weighted by Gasteiger charge is -1.94. The van der Waals surface area contributed by atoms with E-state index in [0.717, 1.165) is 39.1 Å². The van der Waals surface area contributed by atoms with Crippen LogP contribution in [0.15, 0.2) is 79.6 Å². The third kappa shape index (κ3) is 2.23. The van der Waals surface area contributed by atoms with Crippen molar-refractivity contribution in [1.29, 1.82) is 0 Å². The Bertz CT molecular complexity index is 1400. The van der Waals surface area contributed by atoms with E-state index < -0.39 is 0 Å². The Kier molecular flexibility index (Phi) is 2.79. The summed E-state index contributed by atoms with van der Waals surface area (Å²) in [4.78, 5) is 14.5. The molecule has 6 aromatic heterocycles. The van der Waals surface area contributed by atoms with Crippen LogP contribution >= 0.6 is 0 Å². The number of pyridine rings is 3. The van der Waals surface area contributed by atoms with E-state index in [4.69, 9.17) is 0 Å². The maximum atomic E-state index is 4.37. The fourth-order valence-electron chi connectivity index (χ4n) is 3.58. The minimum Gasteiger partial charge on any atom is -0.361 e. The van der Waals surface area contributed by atoms with Crippen LogP contribution < -0.4 is 9.13 Å². The molecule has 0 amide bonds. The van der Waals surface area contributed by atoms with Gasteiger partial charge in [0.25, 0.3) is 11.6 Å². The van der Waals surface area contributed by atoms with Crippen LogP contribution in [-0.4, -0.2) is 19.9 Å². The number of fused-ring (bicyclic) bond motifs is 3. The van der Waals surface area contributed by atoms with E-state index in [0.29, 0.717) is 0 Å². The standard InChI is InChI=1S/C21H14N6/c1-2-15-11-20(25-21(15)23-6-1)27-8-4-14-10-19(24-18(14)13-27)26-9-5-17-16(12-26)3-7-22-17/h1-13H,(H,23,25)/p+2. The van der Waals surface area contributed by atoms with Crippen molar-refractivity contribution in [2.75, 3.05) is 0 Å².